The Morgan fingerprint density at radius 3 is 2.70 bits per heavy atom. The van der Waals surface area contributed by atoms with Crippen LogP contribution in [-0.2, 0) is 11.3 Å². The highest BCUT2D eigenvalue weighted by atomic mass is 127. The second-order valence-electron chi connectivity index (χ2n) is 7.20. The van der Waals surface area contributed by atoms with Gasteiger partial charge in [-0.3, -0.25) is 4.98 Å². The van der Waals surface area contributed by atoms with Gasteiger partial charge in [-0.2, -0.15) is 0 Å². The van der Waals surface area contributed by atoms with E-state index in [-0.39, 0.29) is 30.1 Å². The van der Waals surface area contributed by atoms with E-state index in [4.69, 9.17) is 10.5 Å². The summed E-state index contributed by atoms with van der Waals surface area (Å²) >= 11 is 0. The molecule has 0 bridgehead atoms. The van der Waals surface area contributed by atoms with Crippen LogP contribution in [0.3, 0.4) is 0 Å². The quantitative estimate of drug-likeness (QED) is 0.192. The Balaban J connectivity index is 0.00000676. The number of carbonyl (C=O) groups excluding carboxylic acids is 1. The first-order chi connectivity index (χ1) is 12.2. The maximum atomic E-state index is 12.5. The lowest BCUT2D eigenvalue weighted by Crippen LogP contribution is -2.39. The lowest BCUT2D eigenvalue weighted by atomic mass is 10.2. The molecule has 1 heterocycles. The van der Waals surface area contributed by atoms with Gasteiger partial charge in [-0.25, -0.2) is 9.79 Å². The molecule has 0 saturated heterocycles. The predicted octanol–water partition coefficient (Wildman–Crippen LogP) is 3.31. The third-order valence-corrected chi connectivity index (χ3v) is 3.18. The Hall–Kier alpha value is -1.84. The van der Waals surface area contributed by atoms with E-state index >= 15 is 0 Å². The number of hydrogen-bond donors (Lipinski definition) is 2. The zero-order valence-electron chi connectivity index (χ0n) is 16.7. The minimum atomic E-state index is -0.540. The number of amides is 1. The molecule has 0 radical (unpaired) electrons. The van der Waals surface area contributed by atoms with Crippen molar-refractivity contribution in [1.82, 2.24) is 15.2 Å². The average molecular weight is 489 g/mol. The van der Waals surface area contributed by atoms with Crippen molar-refractivity contribution >= 4 is 36.0 Å². The molecular weight excluding hydrogens is 457 g/mol. The third-order valence-electron chi connectivity index (χ3n) is 3.18. The van der Waals surface area contributed by atoms with Gasteiger partial charge in [0.05, 0.1) is 13.1 Å². The van der Waals surface area contributed by atoms with Crippen molar-refractivity contribution in [2.75, 3.05) is 19.6 Å². The molecule has 3 N–H and O–H groups in total. The molecule has 7 nitrogen and oxygen atoms in total. The van der Waals surface area contributed by atoms with Gasteiger partial charge < -0.3 is 20.7 Å². The lowest BCUT2D eigenvalue weighted by Gasteiger charge is -2.27. The number of nitrogens with two attached hydrogens (primary N) is 1. The number of nitrogens with zero attached hydrogens (tertiary/aromatic N) is 3. The molecule has 152 valence electrons. The van der Waals surface area contributed by atoms with Crippen molar-refractivity contribution in [2.45, 2.75) is 46.3 Å². The van der Waals surface area contributed by atoms with Gasteiger partial charge in [0.25, 0.3) is 0 Å². The Kier molecular flexibility index (Phi) is 11.7. The molecule has 0 saturated carbocycles. The van der Waals surface area contributed by atoms with E-state index in [0.29, 0.717) is 38.6 Å². The van der Waals surface area contributed by atoms with Crippen molar-refractivity contribution in [3.8, 4) is 0 Å². The van der Waals surface area contributed by atoms with E-state index < -0.39 is 5.60 Å². The Morgan fingerprint density at radius 2 is 2.15 bits per heavy atom. The molecule has 0 spiro atoms. The van der Waals surface area contributed by atoms with Gasteiger partial charge >= 0.3 is 6.09 Å². The molecule has 0 aliphatic heterocycles. The number of guanidine groups is 1. The number of carbonyl (C=O) groups is 1. The highest BCUT2D eigenvalue weighted by Crippen LogP contribution is 2.12. The van der Waals surface area contributed by atoms with E-state index in [1.807, 2.05) is 39.8 Å². The van der Waals surface area contributed by atoms with Gasteiger partial charge in [0.15, 0.2) is 5.96 Å². The first kappa shape index (κ1) is 25.2. The molecular formula is C19H32IN5O2. The molecule has 1 aromatic heterocycles. The third kappa shape index (κ3) is 12.2. The van der Waals surface area contributed by atoms with Crippen LogP contribution in [0.25, 0.3) is 0 Å². The fraction of sp³-hybridized carbons (Fsp3) is 0.526. The highest BCUT2D eigenvalue weighted by Gasteiger charge is 2.22. The van der Waals surface area contributed by atoms with Crippen molar-refractivity contribution < 1.29 is 9.53 Å². The smallest absolute Gasteiger partial charge is 0.410 e. The molecule has 0 aliphatic carbocycles. The molecule has 0 unspecified atom stereocenters. The minimum absolute atomic E-state index is 0. The predicted molar refractivity (Wildman–Crippen MR) is 120 cm³/mol. The molecule has 27 heavy (non-hydrogen) atoms. The molecule has 0 aliphatic rings. The second kappa shape index (κ2) is 12.5. The van der Waals surface area contributed by atoms with E-state index in [1.165, 1.54) is 0 Å². The molecule has 0 fully saturated rings. The second-order valence-corrected chi connectivity index (χ2v) is 7.20. The summed E-state index contributed by atoms with van der Waals surface area (Å²) in [6.07, 6.45) is 3.82. The first-order valence-electron chi connectivity index (χ1n) is 8.72. The van der Waals surface area contributed by atoms with E-state index in [9.17, 15) is 4.79 Å². The maximum Gasteiger partial charge on any atom is 0.410 e. The zero-order chi connectivity index (χ0) is 19.6. The largest absolute Gasteiger partial charge is 0.444 e. The summed E-state index contributed by atoms with van der Waals surface area (Å²) in [5, 5.41) is 3.04. The standard InChI is InChI=1S/C19H31N5O2.HI/c1-15(2)12-23-17(20)22-10-7-11-24(18(25)26-19(3,4)5)14-16-8-6-9-21-13-16;/h6,8-9,13H,1,7,10-12,14H2,2-5H3,(H3,20,22,23);1H. The molecule has 0 atom stereocenters. The van der Waals surface area contributed by atoms with Crippen LogP contribution in [0.2, 0.25) is 0 Å². The van der Waals surface area contributed by atoms with Crippen LogP contribution in [0.15, 0.2) is 41.7 Å². The number of ether oxygens (including phenoxy) is 1. The summed E-state index contributed by atoms with van der Waals surface area (Å²) < 4.78 is 5.50. The SMILES string of the molecule is C=C(C)CN=C(N)NCCCN(Cc1cccnc1)C(=O)OC(C)(C)C.I. The van der Waals surface area contributed by atoms with Crippen LogP contribution in [0.5, 0.6) is 0 Å². The van der Waals surface area contributed by atoms with Crippen molar-refractivity contribution in [3.63, 3.8) is 0 Å². The summed E-state index contributed by atoms with van der Waals surface area (Å²) in [5.74, 6) is 0.379. The van der Waals surface area contributed by atoms with E-state index in [2.05, 4.69) is 21.9 Å². The van der Waals surface area contributed by atoms with Crippen LogP contribution in [-0.4, -0.2) is 47.2 Å². The summed E-state index contributed by atoms with van der Waals surface area (Å²) in [4.78, 5) is 22.4. The van der Waals surface area contributed by atoms with Crippen LogP contribution < -0.4 is 11.1 Å². The summed E-state index contributed by atoms with van der Waals surface area (Å²) in [6.45, 7) is 13.3. The van der Waals surface area contributed by atoms with Crippen molar-refractivity contribution in [2.24, 2.45) is 10.7 Å². The lowest BCUT2D eigenvalue weighted by molar-refractivity contribution is 0.0232. The number of rotatable bonds is 8. The van der Waals surface area contributed by atoms with Crippen LogP contribution in [0, 0.1) is 0 Å². The fourth-order valence-electron chi connectivity index (χ4n) is 2.04. The molecule has 0 aromatic carbocycles. The minimum Gasteiger partial charge on any atom is -0.444 e. The Morgan fingerprint density at radius 1 is 1.44 bits per heavy atom. The number of halogens is 1. The molecule has 8 heteroatoms. The maximum absolute atomic E-state index is 12.5. The van der Waals surface area contributed by atoms with Gasteiger partial charge in [0.2, 0.25) is 0 Å². The highest BCUT2D eigenvalue weighted by molar-refractivity contribution is 14.0. The molecule has 1 rings (SSSR count). The summed E-state index contributed by atoms with van der Waals surface area (Å²) in [7, 11) is 0. The van der Waals surface area contributed by atoms with Crippen LogP contribution in [0.4, 0.5) is 4.79 Å². The monoisotopic (exact) mass is 489 g/mol. The van der Waals surface area contributed by atoms with E-state index in [1.54, 1.807) is 17.3 Å². The Labute approximate surface area is 179 Å². The van der Waals surface area contributed by atoms with E-state index in [0.717, 1.165) is 11.1 Å². The first-order valence-corrected chi connectivity index (χ1v) is 8.72. The molecule has 1 aromatic rings. The van der Waals surface area contributed by atoms with Crippen molar-refractivity contribution in [3.05, 3.63) is 42.2 Å². The zero-order valence-corrected chi connectivity index (χ0v) is 19.0. The molecule has 1 amide bonds. The topological polar surface area (TPSA) is 92.8 Å². The number of nitrogens with one attached hydrogen (secondary N) is 1. The Bertz CT molecular complexity index is 614. The van der Waals surface area contributed by atoms with Crippen molar-refractivity contribution in [1.29, 1.82) is 0 Å². The summed E-state index contributed by atoms with van der Waals surface area (Å²) in [6, 6.07) is 3.79. The number of hydrogen-bond acceptors (Lipinski definition) is 4. The van der Waals surface area contributed by atoms with Gasteiger partial charge in [-0.15, -0.1) is 24.0 Å². The van der Waals surface area contributed by atoms with Crippen LogP contribution in [0.1, 0.15) is 39.7 Å². The van der Waals surface area contributed by atoms with Gasteiger partial charge in [0.1, 0.15) is 5.60 Å². The summed E-state index contributed by atoms with van der Waals surface area (Å²) in [5.41, 5.74) is 7.15. The number of aliphatic imine (C=N–C) groups is 1. The average Bonchev–Trinajstić information content (AvgIpc) is 2.55. The number of pyridine rings is 1. The normalized spacial score (nSPS) is 11.3. The van der Waals surface area contributed by atoms with Gasteiger partial charge in [-0.1, -0.05) is 18.2 Å². The van der Waals surface area contributed by atoms with Crippen LogP contribution >= 0.6 is 24.0 Å². The van der Waals surface area contributed by atoms with Gasteiger partial charge in [-0.05, 0) is 45.7 Å². The van der Waals surface area contributed by atoms with Gasteiger partial charge in [0, 0.05) is 25.5 Å². The fourth-order valence-corrected chi connectivity index (χ4v) is 2.04. The number of aromatic nitrogens is 1.